The molecule has 3 rings (SSSR count). The first kappa shape index (κ1) is 16.0. The number of carboxylic acids is 1. The second kappa shape index (κ2) is 5.63. The Morgan fingerprint density at radius 3 is 2.83 bits per heavy atom. The molecule has 1 N–H and O–H groups in total. The van der Waals surface area contributed by atoms with Crippen molar-refractivity contribution in [1.29, 1.82) is 0 Å². The van der Waals surface area contributed by atoms with Crippen molar-refractivity contribution in [3.05, 3.63) is 30.5 Å². The van der Waals surface area contributed by atoms with Gasteiger partial charge >= 0.3 is 5.97 Å². The summed E-state index contributed by atoms with van der Waals surface area (Å²) in [6.07, 6.45) is 1.88. The van der Waals surface area contributed by atoms with Crippen molar-refractivity contribution in [3.63, 3.8) is 0 Å². The van der Waals surface area contributed by atoms with E-state index in [2.05, 4.69) is 0 Å². The van der Waals surface area contributed by atoms with Gasteiger partial charge in [-0.05, 0) is 25.0 Å². The van der Waals surface area contributed by atoms with E-state index in [1.165, 1.54) is 13.4 Å². The van der Waals surface area contributed by atoms with Gasteiger partial charge in [0.15, 0.2) is 5.60 Å². The number of nitrogens with zero attached hydrogens (tertiary/aromatic N) is 1. The van der Waals surface area contributed by atoms with Crippen LogP contribution in [0.25, 0.3) is 11.0 Å². The van der Waals surface area contributed by atoms with Crippen LogP contribution in [-0.2, 0) is 19.6 Å². The third-order valence-corrected chi connectivity index (χ3v) is 6.13. The molecule has 0 bridgehead atoms. The molecule has 1 unspecified atom stereocenters. The van der Waals surface area contributed by atoms with Gasteiger partial charge in [-0.15, -0.1) is 0 Å². The van der Waals surface area contributed by atoms with Crippen LogP contribution in [-0.4, -0.2) is 49.6 Å². The molecular formula is C15H17NO6S. The number of sulfonamides is 1. The highest BCUT2D eigenvalue weighted by atomic mass is 32.2. The Labute approximate surface area is 133 Å². The lowest BCUT2D eigenvalue weighted by atomic mass is 9.94. The fraction of sp³-hybridized carbons (Fsp3) is 0.400. The van der Waals surface area contributed by atoms with Crippen molar-refractivity contribution in [2.24, 2.45) is 0 Å². The van der Waals surface area contributed by atoms with Crippen molar-refractivity contribution in [2.75, 3.05) is 20.2 Å². The molecule has 0 amide bonds. The fourth-order valence-corrected chi connectivity index (χ4v) is 4.55. The summed E-state index contributed by atoms with van der Waals surface area (Å²) in [5.74, 6) is -1.16. The number of benzene rings is 1. The minimum Gasteiger partial charge on any atom is -0.479 e. The molecule has 0 spiro atoms. The number of para-hydroxylation sites is 1. The summed E-state index contributed by atoms with van der Waals surface area (Å²) in [7, 11) is -2.57. The molecule has 1 saturated heterocycles. The number of ether oxygens (including phenoxy) is 1. The molecule has 1 aliphatic heterocycles. The number of fused-ring (bicyclic) bond motifs is 1. The van der Waals surface area contributed by atoms with Gasteiger partial charge in [0.1, 0.15) is 16.7 Å². The molecule has 1 aliphatic rings. The van der Waals surface area contributed by atoms with Gasteiger partial charge in [0.2, 0.25) is 10.0 Å². The first-order chi connectivity index (χ1) is 10.9. The van der Waals surface area contributed by atoms with Gasteiger partial charge in [-0.2, -0.15) is 4.31 Å². The number of rotatable bonds is 4. The van der Waals surface area contributed by atoms with Crippen molar-refractivity contribution < 1.29 is 27.5 Å². The van der Waals surface area contributed by atoms with Crippen LogP contribution in [0.4, 0.5) is 0 Å². The quantitative estimate of drug-likeness (QED) is 0.910. The van der Waals surface area contributed by atoms with Gasteiger partial charge in [-0.3, -0.25) is 0 Å². The average molecular weight is 339 g/mol. The normalized spacial score (nSPS) is 23.2. The smallest absolute Gasteiger partial charge is 0.337 e. The monoisotopic (exact) mass is 339 g/mol. The zero-order valence-electron chi connectivity index (χ0n) is 12.6. The lowest BCUT2D eigenvalue weighted by molar-refractivity contribution is -0.166. The van der Waals surface area contributed by atoms with E-state index in [9.17, 15) is 18.3 Å². The van der Waals surface area contributed by atoms with E-state index in [0.717, 1.165) is 4.31 Å². The zero-order valence-corrected chi connectivity index (χ0v) is 13.4. The van der Waals surface area contributed by atoms with Gasteiger partial charge in [-0.25, -0.2) is 13.2 Å². The second-order valence-electron chi connectivity index (χ2n) is 5.54. The molecule has 23 heavy (non-hydrogen) atoms. The summed E-state index contributed by atoms with van der Waals surface area (Å²) in [5.41, 5.74) is -1.04. The topological polar surface area (TPSA) is 97.0 Å². The molecule has 7 nitrogen and oxygen atoms in total. The molecule has 0 aliphatic carbocycles. The molecule has 1 aromatic heterocycles. The lowest BCUT2D eigenvalue weighted by Gasteiger charge is -2.37. The van der Waals surface area contributed by atoms with Gasteiger partial charge in [-0.1, -0.05) is 12.1 Å². The average Bonchev–Trinajstić information content (AvgIpc) is 2.99. The summed E-state index contributed by atoms with van der Waals surface area (Å²) < 4.78 is 37.4. The molecule has 1 atom stereocenters. The summed E-state index contributed by atoms with van der Waals surface area (Å²) in [5, 5.41) is 9.89. The lowest BCUT2D eigenvalue weighted by Crippen LogP contribution is -2.55. The Morgan fingerprint density at radius 2 is 2.13 bits per heavy atom. The predicted molar refractivity (Wildman–Crippen MR) is 81.6 cm³/mol. The minimum absolute atomic E-state index is 0.0467. The van der Waals surface area contributed by atoms with Crippen molar-refractivity contribution in [1.82, 2.24) is 4.31 Å². The third-order valence-electron chi connectivity index (χ3n) is 4.26. The van der Waals surface area contributed by atoms with E-state index < -0.39 is 21.6 Å². The van der Waals surface area contributed by atoms with E-state index >= 15 is 0 Å². The van der Waals surface area contributed by atoms with Crippen LogP contribution < -0.4 is 0 Å². The highest BCUT2D eigenvalue weighted by Gasteiger charge is 2.46. The number of methoxy groups -OCH3 is 1. The Kier molecular flexibility index (Phi) is 3.91. The predicted octanol–water partition coefficient (Wildman–Crippen LogP) is 1.69. The Bertz CT molecular complexity index is 843. The molecule has 1 fully saturated rings. The standard InChI is InChI=1S/C15H17NO6S/c1-21-15(14(17)18)7-4-8-16(10-15)23(19,20)13-9-22-12-6-3-2-5-11(12)13/h2-3,5-6,9H,4,7-8,10H2,1H3,(H,17,18). The van der Waals surface area contributed by atoms with Crippen LogP contribution in [0.5, 0.6) is 0 Å². The molecule has 1 aromatic carbocycles. The first-order valence-corrected chi connectivity index (χ1v) is 8.60. The van der Waals surface area contributed by atoms with Crippen LogP contribution >= 0.6 is 0 Å². The highest BCUT2D eigenvalue weighted by molar-refractivity contribution is 7.89. The Hall–Kier alpha value is -1.90. The number of carbonyl (C=O) groups is 1. The second-order valence-corrected chi connectivity index (χ2v) is 7.45. The van der Waals surface area contributed by atoms with Crippen molar-refractivity contribution in [2.45, 2.75) is 23.3 Å². The summed E-state index contributed by atoms with van der Waals surface area (Å²) in [4.78, 5) is 11.6. The number of aliphatic carboxylic acids is 1. The highest BCUT2D eigenvalue weighted by Crippen LogP contribution is 2.32. The van der Waals surface area contributed by atoms with E-state index in [4.69, 9.17) is 9.15 Å². The van der Waals surface area contributed by atoms with E-state index in [1.54, 1.807) is 24.3 Å². The maximum Gasteiger partial charge on any atom is 0.337 e. The zero-order chi connectivity index (χ0) is 16.7. The third kappa shape index (κ3) is 2.52. The van der Waals surface area contributed by atoms with Crippen LogP contribution in [0.15, 0.2) is 39.8 Å². The van der Waals surface area contributed by atoms with Gasteiger partial charge in [0.05, 0.1) is 6.54 Å². The van der Waals surface area contributed by atoms with Gasteiger partial charge in [0.25, 0.3) is 0 Å². The van der Waals surface area contributed by atoms with Crippen LogP contribution in [0, 0.1) is 0 Å². The Morgan fingerprint density at radius 1 is 1.39 bits per heavy atom. The molecular weight excluding hydrogens is 322 g/mol. The van der Waals surface area contributed by atoms with Crippen molar-refractivity contribution >= 4 is 27.0 Å². The molecule has 2 heterocycles. The van der Waals surface area contributed by atoms with Crippen LogP contribution in [0.3, 0.4) is 0 Å². The molecule has 8 heteroatoms. The number of furan rings is 1. The number of hydrogen-bond acceptors (Lipinski definition) is 5. The SMILES string of the molecule is COC1(C(=O)O)CCCN(S(=O)(=O)c2coc3ccccc23)C1. The fourth-order valence-electron chi connectivity index (χ4n) is 2.91. The Balaban J connectivity index is 2.01. The van der Waals surface area contributed by atoms with Crippen LogP contribution in [0.2, 0.25) is 0 Å². The number of piperidine rings is 1. The van der Waals surface area contributed by atoms with Crippen molar-refractivity contribution in [3.8, 4) is 0 Å². The molecule has 0 radical (unpaired) electrons. The maximum absolute atomic E-state index is 12.9. The number of carboxylic acid groups (broad SMARTS) is 1. The van der Waals surface area contributed by atoms with Gasteiger partial charge in [0, 0.05) is 19.0 Å². The summed E-state index contributed by atoms with van der Waals surface area (Å²) in [6.45, 7) is 0.0287. The van der Waals surface area contributed by atoms with E-state index in [0.29, 0.717) is 17.4 Å². The van der Waals surface area contributed by atoms with E-state index in [1.807, 2.05) is 0 Å². The molecule has 2 aromatic rings. The number of hydrogen-bond donors (Lipinski definition) is 1. The maximum atomic E-state index is 12.9. The van der Waals surface area contributed by atoms with E-state index in [-0.39, 0.29) is 24.4 Å². The largest absolute Gasteiger partial charge is 0.479 e. The minimum atomic E-state index is -3.86. The molecule has 0 saturated carbocycles. The first-order valence-electron chi connectivity index (χ1n) is 7.16. The summed E-state index contributed by atoms with van der Waals surface area (Å²) in [6, 6.07) is 6.82. The van der Waals surface area contributed by atoms with Gasteiger partial charge < -0.3 is 14.3 Å². The summed E-state index contributed by atoms with van der Waals surface area (Å²) >= 11 is 0. The molecule has 124 valence electrons. The van der Waals surface area contributed by atoms with Crippen LogP contribution in [0.1, 0.15) is 12.8 Å².